The lowest BCUT2D eigenvalue weighted by atomic mass is 10.0. The molecule has 0 saturated heterocycles. The molecule has 462 valence electrons. The van der Waals surface area contributed by atoms with Crippen molar-refractivity contribution in [2.75, 3.05) is 47.5 Å². The van der Waals surface area contributed by atoms with Crippen LogP contribution >= 0.6 is 0 Å². The highest BCUT2D eigenvalue weighted by atomic mass is 16.7. The Morgan fingerprint density at radius 1 is 0.370 bits per heavy atom. The summed E-state index contributed by atoms with van der Waals surface area (Å²) < 4.78 is 22.7. The zero-order valence-electron chi connectivity index (χ0n) is 52.6. The van der Waals surface area contributed by atoms with E-state index in [1.54, 1.807) is 0 Å². The van der Waals surface area contributed by atoms with Gasteiger partial charge in [0.05, 0.1) is 40.3 Å². The molecule has 0 fully saturated rings. The summed E-state index contributed by atoms with van der Waals surface area (Å²) in [5.41, 5.74) is 0. The first kappa shape index (κ1) is 76.7. The van der Waals surface area contributed by atoms with Gasteiger partial charge in [-0.25, -0.2) is 0 Å². The minimum atomic E-state index is -1.63. The highest BCUT2D eigenvalue weighted by Crippen LogP contribution is 2.17. The average molecular weight is 1130 g/mol. The van der Waals surface area contributed by atoms with Crippen molar-refractivity contribution in [2.45, 2.75) is 270 Å². The predicted molar refractivity (Wildman–Crippen MR) is 343 cm³/mol. The number of carbonyl (C=O) groups is 3. The lowest BCUT2D eigenvalue weighted by Crippen LogP contribution is -2.44. The maximum absolute atomic E-state index is 12.9. The molecular weight excluding hydrogens is 1010 g/mol. The highest BCUT2D eigenvalue weighted by Gasteiger charge is 2.22. The van der Waals surface area contributed by atoms with E-state index in [2.05, 4.69) is 135 Å². The molecule has 0 aliphatic rings. The molecule has 9 heteroatoms. The van der Waals surface area contributed by atoms with Crippen LogP contribution in [0.5, 0.6) is 0 Å². The monoisotopic (exact) mass is 1130 g/mol. The number of quaternary nitrogens is 1. The van der Waals surface area contributed by atoms with Crippen molar-refractivity contribution in [1.82, 2.24) is 0 Å². The lowest BCUT2D eigenvalue weighted by Gasteiger charge is -2.26. The number of hydrogen-bond acceptors (Lipinski definition) is 8. The quantitative estimate of drug-likeness (QED) is 0.0195. The Balaban J connectivity index is 4.14. The van der Waals surface area contributed by atoms with Crippen molar-refractivity contribution in [3.8, 4) is 0 Å². The van der Waals surface area contributed by atoms with Crippen LogP contribution in [0.3, 0.4) is 0 Å². The van der Waals surface area contributed by atoms with Gasteiger partial charge in [-0.05, 0) is 103 Å². The van der Waals surface area contributed by atoms with E-state index in [-0.39, 0.29) is 38.6 Å². The van der Waals surface area contributed by atoms with Crippen molar-refractivity contribution < 1.29 is 42.9 Å². The molecule has 0 saturated carbocycles. The third-order valence-electron chi connectivity index (χ3n) is 13.7. The van der Waals surface area contributed by atoms with Crippen molar-refractivity contribution in [3.05, 3.63) is 122 Å². The number of aliphatic carboxylic acids is 1. The number of rotatable bonds is 59. The van der Waals surface area contributed by atoms with Gasteiger partial charge in [0.1, 0.15) is 13.2 Å². The molecule has 0 amide bonds. The third kappa shape index (κ3) is 63.1. The van der Waals surface area contributed by atoms with Crippen molar-refractivity contribution in [1.29, 1.82) is 0 Å². The fourth-order valence-electron chi connectivity index (χ4n) is 8.77. The topological polar surface area (TPSA) is 111 Å². The number of nitrogens with zero attached hydrogens (tertiary/aromatic N) is 1. The third-order valence-corrected chi connectivity index (χ3v) is 13.7. The number of esters is 2. The molecule has 0 spiro atoms. The molecule has 0 aliphatic carbocycles. The molecule has 0 rings (SSSR count). The van der Waals surface area contributed by atoms with Gasteiger partial charge in [-0.3, -0.25) is 9.59 Å². The first-order chi connectivity index (χ1) is 39.6. The van der Waals surface area contributed by atoms with Crippen LogP contribution in [-0.2, 0) is 33.3 Å². The molecule has 0 bridgehead atoms. The Morgan fingerprint density at radius 3 is 0.988 bits per heavy atom. The first-order valence-electron chi connectivity index (χ1n) is 32.7. The molecule has 0 aromatic carbocycles. The highest BCUT2D eigenvalue weighted by molar-refractivity contribution is 5.70. The summed E-state index contributed by atoms with van der Waals surface area (Å²) in [5.74, 6) is -2.31. The van der Waals surface area contributed by atoms with Gasteiger partial charge in [0.15, 0.2) is 12.4 Å². The van der Waals surface area contributed by atoms with Crippen LogP contribution in [0.2, 0.25) is 0 Å². The number of carbonyl (C=O) groups excluding carboxylic acids is 3. The molecule has 0 heterocycles. The molecule has 2 atom stereocenters. The number of allylic oxidation sites excluding steroid dienone is 20. The fourth-order valence-corrected chi connectivity index (χ4v) is 8.77. The van der Waals surface area contributed by atoms with Gasteiger partial charge < -0.3 is 33.3 Å². The second kappa shape index (κ2) is 61.8. The van der Waals surface area contributed by atoms with E-state index in [1.165, 1.54) is 103 Å². The predicted octanol–water partition coefficient (Wildman–Crippen LogP) is 18.7. The molecule has 9 nitrogen and oxygen atoms in total. The number of likely N-dealkylation sites (N-methyl/N-ethyl adjacent to an activating group) is 1. The van der Waals surface area contributed by atoms with Crippen molar-refractivity contribution in [3.63, 3.8) is 0 Å². The average Bonchev–Trinajstić information content (AvgIpc) is 3.44. The van der Waals surface area contributed by atoms with Gasteiger partial charge in [-0.15, -0.1) is 0 Å². The second-order valence-corrected chi connectivity index (χ2v) is 22.6. The lowest BCUT2D eigenvalue weighted by molar-refractivity contribution is -0.870. The molecule has 0 radical (unpaired) electrons. The van der Waals surface area contributed by atoms with Gasteiger partial charge in [-0.1, -0.05) is 264 Å². The van der Waals surface area contributed by atoms with Crippen LogP contribution in [0.1, 0.15) is 258 Å². The van der Waals surface area contributed by atoms with E-state index < -0.39 is 24.3 Å². The number of carboxylic acids is 1. The van der Waals surface area contributed by atoms with Crippen LogP contribution in [0, 0.1) is 0 Å². The Kier molecular flexibility index (Phi) is 58.5. The van der Waals surface area contributed by atoms with Crippen LogP contribution in [-0.4, -0.2) is 82.3 Å². The maximum atomic E-state index is 12.9. The van der Waals surface area contributed by atoms with E-state index in [9.17, 15) is 19.5 Å². The van der Waals surface area contributed by atoms with Gasteiger partial charge >= 0.3 is 11.9 Å². The van der Waals surface area contributed by atoms with E-state index in [0.29, 0.717) is 23.9 Å². The van der Waals surface area contributed by atoms with Crippen LogP contribution in [0.15, 0.2) is 122 Å². The summed E-state index contributed by atoms with van der Waals surface area (Å²) in [5, 5.41) is 11.8. The Morgan fingerprint density at radius 2 is 0.667 bits per heavy atom. The van der Waals surface area contributed by atoms with Crippen LogP contribution in [0.4, 0.5) is 0 Å². The maximum Gasteiger partial charge on any atom is 0.306 e. The van der Waals surface area contributed by atoms with Gasteiger partial charge in [-0.2, -0.15) is 0 Å². The smallest absolute Gasteiger partial charge is 0.306 e. The largest absolute Gasteiger partial charge is 0.545 e. The SMILES string of the molecule is CC/C=C\C/C=C\C/C=C\C/C=C\C/C=C\CCCCCCCCCCCCCCCCCCCCCC(=O)OC(COC(=O)CCCCCCC/C=C\C/C=C\C/C=C\C/C=C\C/C=C\CC)COC(OCC[N+](C)(C)C)C(=O)[O-]. The van der Waals surface area contributed by atoms with E-state index in [4.69, 9.17) is 18.9 Å². The molecule has 2 unspecified atom stereocenters. The number of unbranched alkanes of at least 4 members (excludes halogenated alkanes) is 24. The van der Waals surface area contributed by atoms with Crippen molar-refractivity contribution in [2.24, 2.45) is 0 Å². The van der Waals surface area contributed by atoms with E-state index >= 15 is 0 Å². The zero-order valence-corrected chi connectivity index (χ0v) is 52.6. The zero-order chi connectivity index (χ0) is 59.1. The van der Waals surface area contributed by atoms with Gasteiger partial charge in [0, 0.05) is 12.8 Å². The number of ether oxygens (including phenoxy) is 4. The summed E-state index contributed by atoms with van der Waals surface area (Å²) in [6.07, 6.45) is 84.1. The molecule has 0 aliphatic heterocycles. The molecule has 0 aromatic rings. The molecule has 81 heavy (non-hydrogen) atoms. The van der Waals surface area contributed by atoms with Crippen LogP contribution in [0.25, 0.3) is 0 Å². The summed E-state index contributed by atoms with van der Waals surface area (Å²) in [4.78, 5) is 37.4. The van der Waals surface area contributed by atoms with Gasteiger partial charge in [0.2, 0.25) is 0 Å². The van der Waals surface area contributed by atoms with E-state index in [1.807, 2.05) is 21.1 Å². The summed E-state index contributed by atoms with van der Waals surface area (Å²) in [6.45, 7) is 4.50. The molecular formula is C72H121NO8. The van der Waals surface area contributed by atoms with Crippen LogP contribution < -0.4 is 5.11 Å². The second-order valence-electron chi connectivity index (χ2n) is 22.6. The minimum Gasteiger partial charge on any atom is -0.545 e. The summed E-state index contributed by atoms with van der Waals surface area (Å²) in [6, 6.07) is 0. The number of carboxylic acid groups (broad SMARTS) is 1. The Hall–Kier alpha value is -4.31. The number of hydrogen-bond donors (Lipinski definition) is 0. The Labute approximate surface area is 497 Å². The molecule has 0 N–H and O–H groups in total. The normalized spacial score (nSPS) is 13.5. The van der Waals surface area contributed by atoms with E-state index in [0.717, 1.165) is 116 Å². The van der Waals surface area contributed by atoms with Gasteiger partial charge in [0.25, 0.3) is 0 Å². The summed E-state index contributed by atoms with van der Waals surface area (Å²) >= 11 is 0. The minimum absolute atomic E-state index is 0.140. The Bertz CT molecular complexity index is 1740. The fraction of sp³-hybridized carbons (Fsp3) is 0.681. The first-order valence-corrected chi connectivity index (χ1v) is 32.7. The molecule has 0 aromatic heterocycles. The summed E-state index contributed by atoms with van der Waals surface area (Å²) in [7, 11) is 5.92. The van der Waals surface area contributed by atoms with Crippen molar-refractivity contribution >= 4 is 17.9 Å². The standard InChI is InChI=1S/C72H121NO8/c1-6-8-10-12-14-16-18-20-22-24-26-28-29-30-31-32-33-34-35-36-37-38-39-40-41-43-45-47-49-51-53-55-57-59-61-63-70(75)81-68(67-80-72(71(76)77)78-65-64-73(3,4)5)66-79-69(74)62-60-58-56-54-52-50-48-46-44-42-27-25-23-21-19-17-15-13-11-9-7-2/h8-11,14-17,20-23,26-28,30-31,42,46,48,68,72H,6-7,12-13,18-19,24-25,29,32-41,43-45,47,49-67H2,1-5H3/b10-8-,11-9-,16-14-,17-15-,22-20-,23-21-,28-26-,31-30-,42-27-,48-46-.